The van der Waals surface area contributed by atoms with E-state index in [1.807, 2.05) is 0 Å². The van der Waals surface area contributed by atoms with Gasteiger partial charge in [-0.3, -0.25) is 4.79 Å². The van der Waals surface area contributed by atoms with Crippen molar-refractivity contribution in [2.75, 3.05) is 24.9 Å². The van der Waals surface area contributed by atoms with E-state index in [-0.39, 0.29) is 12.3 Å². The zero-order valence-electron chi connectivity index (χ0n) is 15.4. The lowest BCUT2D eigenvalue weighted by Gasteiger charge is -2.10. The van der Waals surface area contributed by atoms with E-state index >= 15 is 0 Å². The summed E-state index contributed by atoms with van der Waals surface area (Å²) in [6.07, 6.45) is 0.136. The summed E-state index contributed by atoms with van der Waals surface area (Å²) in [6, 6.07) is 14.7. The van der Waals surface area contributed by atoms with E-state index in [0.717, 1.165) is 5.56 Å². The molecule has 1 amide bonds. The number of hydrogen-bond acceptors (Lipinski definition) is 6. The summed E-state index contributed by atoms with van der Waals surface area (Å²) in [6.45, 7) is 0. The van der Waals surface area contributed by atoms with Gasteiger partial charge in [0.05, 0.1) is 26.3 Å². The number of carbonyl (C=O) groups excluding carboxylic acids is 1. The number of amides is 1. The van der Waals surface area contributed by atoms with Gasteiger partial charge in [0.25, 0.3) is 0 Å². The van der Waals surface area contributed by atoms with Gasteiger partial charge < -0.3 is 20.1 Å². The molecule has 0 aliphatic rings. The van der Waals surface area contributed by atoms with Crippen molar-refractivity contribution in [2.45, 2.75) is 6.42 Å². The van der Waals surface area contributed by atoms with Crippen LogP contribution < -0.4 is 20.1 Å². The minimum atomic E-state index is -0.392. The first-order chi connectivity index (χ1) is 13.6. The van der Waals surface area contributed by atoms with Crippen LogP contribution in [0.1, 0.15) is 5.56 Å². The molecule has 0 bridgehead atoms. The second-order valence-electron chi connectivity index (χ2n) is 5.82. The fourth-order valence-electron chi connectivity index (χ4n) is 2.53. The monoisotopic (exact) mass is 382 g/mol. The number of carbonyl (C=O) groups is 1. The van der Waals surface area contributed by atoms with Crippen molar-refractivity contribution in [1.82, 2.24) is 10.2 Å². The second kappa shape index (κ2) is 8.81. The van der Waals surface area contributed by atoms with Crippen molar-refractivity contribution >= 4 is 23.2 Å². The number of aromatic nitrogens is 2. The van der Waals surface area contributed by atoms with Crippen LogP contribution in [0.15, 0.2) is 54.6 Å². The summed E-state index contributed by atoms with van der Waals surface area (Å²) in [5.41, 5.74) is 1.06. The summed E-state index contributed by atoms with van der Waals surface area (Å²) in [5, 5.41) is 13.4. The van der Waals surface area contributed by atoms with Gasteiger partial charge in [-0.05, 0) is 42.0 Å². The fourth-order valence-corrected chi connectivity index (χ4v) is 2.53. The molecule has 1 aromatic heterocycles. The van der Waals surface area contributed by atoms with Crippen LogP contribution in [0.2, 0.25) is 0 Å². The molecular formula is C20H19FN4O3. The van der Waals surface area contributed by atoms with Crippen molar-refractivity contribution in [3.63, 3.8) is 0 Å². The van der Waals surface area contributed by atoms with Gasteiger partial charge in [-0.25, -0.2) is 4.39 Å². The van der Waals surface area contributed by atoms with Gasteiger partial charge in [0.2, 0.25) is 5.91 Å². The molecule has 0 fully saturated rings. The SMILES string of the molecule is COc1ccc(CC(=O)Nc2ccc(Nc3ccccc3F)nn2)cc1OC. The number of ether oxygens (including phenoxy) is 2. The van der Waals surface area contributed by atoms with Gasteiger partial charge >= 0.3 is 0 Å². The van der Waals surface area contributed by atoms with Crippen LogP contribution in [-0.2, 0) is 11.2 Å². The number of halogens is 1. The molecule has 3 aromatic rings. The summed E-state index contributed by atoms with van der Waals surface area (Å²) >= 11 is 0. The molecule has 0 atom stereocenters. The quantitative estimate of drug-likeness (QED) is 0.650. The zero-order valence-corrected chi connectivity index (χ0v) is 15.4. The first kappa shape index (κ1) is 19.1. The molecule has 0 saturated heterocycles. The predicted octanol–water partition coefficient (Wildman–Crippen LogP) is 3.56. The third-order valence-electron chi connectivity index (χ3n) is 3.88. The highest BCUT2D eigenvalue weighted by molar-refractivity contribution is 5.91. The van der Waals surface area contributed by atoms with Crippen LogP contribution >= 0.6 is 0 Å². The summed E-state index contributed by atoms with van der Waals surface area (Å²) in [5.74, 6) is 1.16. The first-order valence-corrected chi connectivity index (χ1v) is 8.45. The van der Waals surface area contributed by atoms with E-state index < -0.39 is 5.82 Å². The standard InChI is InChI=1S/C20H19FN4O3/c1-27-16-8-7-13(11-17(16)28-2)12-20(26)23-19-10-9-18(24-25-19)22-15-6-4-3-5-14(15)21/h3-11H,12H2,1-2H3,(H,22,24)(H,23,25,26). The molecular weight excluding hydrogens is 363 g/mol. The van der Waals surface area contributed by atoms with Crippen LogP contribution in [0.5, 0.6) is 11.5 Å². The summed E-state index contributed by atoms with van der Waals surface area (Å²) < 4.78 is 24.1. The van der Waals surface area contributed by atoms with Gasteiger partial charge in [0.15, 0.2) is 23.1 Å². The fraction of sp³-hybridized carbons (Fsp3) is 0.150. The average molecular weight is 382 g/mol. The highest BCUT2D eigenvalue weighted by Gasteiger charge is 2.10. The Labute approximate surface area is 161 Å². The number of anilines is 3. The molecule has 2 N–H and O–H groups in total. The molecule has 0 radical (unpaired) electrons. The molecule has 7 nitrogen and oxygen atoms in total. The largest absolute Gasteiger partial charge is 0.493 e. The van der Waals surface area contributed by atoms with Crippen molar-refractivity contribution < 1.29 is 18.7 Å². The highest BCUT2D eigenvalue weighted by Crippen LogP contribution is 2.27. The van der Waals surface area contributed by atoms with Crippen molar-refractivity contribution in [3.05, 3.63) is 66.0 Å². The molecule has 144 valence electrons. The second-order valence-corrected chi connectivity index (χ2v) is 5.82. The lowest BCUT2D eigenvalue weighted by Crippen LogP contribution is -2.16. The van der Waals surface area contributed by atoms with E-state index in [2.05, 4.69) is 20.8 Å². The van der Waals surface area contributed by atoms with E-state index in [9.17, 15) is 9.18 Å². The number of benzene rings is 2. The summed E-state index contributed by atoms with van der Waals surface area (Å²) in [4.78, 5) is 12.2. The Hall–Kier alpha value is -3.68. The Kier molecular flexibility index (Phi) is 6.01. The minimum absolute atomic E-state index is 0.136. The molecule has 0 spiro atoms. The molecule has 1 heterocycles. The lowest BCUT2D eigenvalue weighted by molar-refractivity contribution is -0.115. The number of hydrogen-bond donors (Lipinski definition) is 2. The van der Waals surface area contributed by atoms with E-state index in [4.69, 9.17) is 9.47 Å². The number of nitrogens with one attached hydrogen (secondary N) is 2. The van der Waals surface area contributed by atoms with Crippen molar-refractivity contribution in [1.29, 1.82) is 0 Å². The molecule has 0 aliphatic heterocycles. The lowest BCUT2D eigenvalue weighted by atomic mass is 10.1. The number of methoxy groups -OCH3 is 2. The maximum atomic E-state index is 13.7. The maximum absolute atomic E-state index is 13.7. The van der Waals surface area contributed by atoms with Crippen LogP contribution in [0.25, 0.3) is 0 Å². The van der Waals surface area contributed by atoms with Gasteiger partial charge in [-0.15, -0.1) is 10.2 Å². The maximum Gasteiger partial charge on any atom is 0.229 e. The Morgan fingerprint density at radius 2 is 1.68 bits per heavy atom. The zero-order chi connectivity index (χ0) is 19.9. The number of rotatable bonds is 7. The average Bonchev–Trinajstić information content (AvgIpc) is 2.71. The number of para-hydroxylation sites is 1. The third-order valence-corrected chi connectivity index (χ3v) is 3.88. The Morgan fingerprint density at radius 3 is 2.36 bits per heavy atom. The molecule has 3 rings (SSSR count). The third kappa shape index (κ3) is 4.73. The molecule has 8 heteroatoms. The topological polar surface area (TPSA) is 85.4 Å². The van der Waals surface area contributed by atoms with Crippen molar-refractivity contribution in [2.24, 2.45) is 0 Å². The number of nitrogens with zero attached hydrogens (tertiary/aromatic N) is 2. The van der Waals surface area contributed by atoms with Crippen LogP contribution in [0, 0.1) is 5.82 Å². The minimum Gasteiger partial charge on any atom is -0.493 e. The molecule has 2 aromatic carbocycles. The smallest absolute Gasteiger partial charge is 0.229 e. The Bertz CT molecular complexity index is 964. The van der Waals surface area contributed by atoms with E-state index in [1.165, 1.54) is 13.2 Å². The Morgan fingerprint density at radius 1 is 0.964 bits per heavy atom. The molecule has 0 aliphatic carbocycles. The molecule has 0 saturated carbocycles. The van der Waals surface area contributed by atoms with Gasteiger partial charge in [0, 0.05) is 0 Å². The van der Waals surface area contributed by atoms with Gasteiger partial charge in [-0.1, -0.05) is 18.2 Å². The van der Waals surface area contributed by atoms with Crippen LogP contribution in [0.4, 0.5) is 21.7 Å². The molecule has 28 heavy (non-hydrogen) atoms. The van der Waals surface area contributed by atoms with E-state index in [1.54, 1.807) is 55.6 Å². The normalized spacial score (nSPS) is 10.2. The van der Waals surface area contributed by atoms with Gasteiger partial charge in [-0.2, -0.15) is 0 Å². The van der Waals surface area contributed by atoms with Crippen LogP contribution in [-0.4, -0.2) is 30.3 Å². The van der Waals surface area contributed by atoms with Crippen LogP contribution in [0.3, 0.4) is 0 Å². The predicted molar refractivity (Wildman–Crippen MR) is 104 cm³/mol. The first-order valence-electron chi connectivity index (χ1n) is 8.45. The Balaban J connectivity index is 1.61. The summed E-state index contributed by atoms with van der Waals surface area (Å²) in [7, 11) is 3.09. The van der Waals surface area contributed by atoms with Crippen molar-refractivity contribution in [3.8, 4) is 11.5 Å². The van der Waals surface area contributed by atoms with E-state index in [0.29, 0.717) is 28.8 Å². The molecule has 0 unspecified atom stereocenters. The van der Waals surface area contributed by atoms with Gasteiger partial charge in [0.1, 0.15) is 5.82 Å². The highest BCUT2D eigenvalue weighted by atomic mass is 19.1.